The molecule has 5 atom stereocenters. The van der Waals surface area contributed by atoms with E-state index in [1.807, 2.05) is 14.1 Å². The summed E-state index contributed by atoms with van der Waals surface area (Å²) >= 11 is 0. The molecule has 13 heavy (non-hydrogen) atoms. The van der Waals surface area contributed by atoms with Crippen LogP contribution in [0.4, 0.5) is 0 Å². The van der Waals surface area contributed by atoms with E-state index in [2.05, 4.69) is 0 Å². The summed E-state index contributed by atoms with van der Waals surface area (Å²) in [5.41, 5.74) is 0. The third-order valence-electron chi connectivity index (χ3n) is 3.85. The molecule has 72 valence electrons. The lowest BCUT2D eigenvalue weighted by Crippen LogP contribution is -2.34. The first-order chi connectivity index (χ1) is 6.18. The lowest BCUT2D eigenvalue weighted by atomic mass is 9.88. The molecule has 5 unspecified atom stereocenters. The molecule has 0 spiro atoms. The summed E-state index contributed by atoms with van der Waals surface area (Å²) in [6, 6.07) is 0. The van der Waals surface area contributed by atoms with E-state index < -0.39 is 0 Å². The highest BCUT2D eigenvalue weighted by atomic mass is 16.6. The van der Waals surface area contributed by atoms with Gasteiger partial charge in [0.1, 0.15) is 0 Å². The van der Waals surface area contributed by atoms with Crippen LogP contribution in [0.15, 0.2) is 0 Å². The fourth-order valence-electron chi connectivity index (χ4n) is 3.22. The van der Waals surface area contributed by atoms with Crippen molar-refractivity contribution < 1.29 is 9.53 Å². The molecule has 1 aliphatic heterocycles. The van der Waals surface area contributed by atoms with E-state index in [1.165, 1.54) is 6.42 Å². The molecule has 0 aromatic carbocycles. The summed E-state index contributed by atoms with van der Waals surface area (Å²) in [5.74, 6) is 1.82. The van der Waals surface area contributed by atoms with Crippen LogP contribution in [0.5, 0.6) is 0 Å². The van der Waals surface area contributed by atoms with Crippen LogP contribution in [0.3, 0.4) is 0 Å². The normalized spacial score (nSPS) is 50.5. The third-order valence-corrected chi connectivity index (χ3v) is 3.85. The topological polar surface area (TPSA) is 32.8 Å². The van der Waals surface area contributed by atoms with Gasteiger partial charge in [0.05, 0.1) is 12.2 Å². The van der Waals surface area contributed by atoms with E-state index in [9.17, 15) is 4.79 Å². The molecule has 1 heterocycles. The van der Waals surface area contributed by atoms with Gasteiger partial charge in [0.2, 0.25) is 5.91 Å². The van der Waals surface area contributed by atoms with Crippen LogP contribution in [-0.2, 0) is 9.53 Å². The van der Waals surface area contributed by atoms with Crippen molar-refractivity contribution in [3.63, 3.8) is 0 Å². The Hall–Kier alpha value is -0.570. The Balaban J connectivity index is 1.77. The molecule has 0 aromatic heterocycles. The van der Waals surface area contributed by atoms with Crippen molar-refractivity contribution in [1.82, 2.24) is 4.90 Å². The van der Waals surface area contributed by atoms with E-state index in [4.69, 9.17) is 4.74 Å². The molecule has 0 N–H and O–H groups in total. The molecule has 3 aliphatic rings. The van der Waals surface area contributed by atoms with Gasteiger partial charge in [-0.25, -0.2) is 0 Å². The van der Waals surface area contributed by atoms with Crippen molar-refractivity contribution in [3.05, 3.63) is 0 Å². The van der Waals surface area contributed by atoms with Gasteiger partial charge in [0.25, 0.3) is 0 Å². The maximum atomic E-state index is 11.8. The second kappa shape index (κ2) is 2.27. The maximum Gasteiger partial charge on any atom is 0.225 e. The first-order valence-corrected chi connectivity index (χ1v) is 5.05. The van der Waals surface area contributed by atoms with E-state index in [-0.39, 0.29) is 5.92 Å². The zero-order chi connectivity index (χ0) is 9.16. The first kappa shape index (κ1) is 7.80. The van der Waals surface area contributed by atoms with Crippen LogP contribution < -0.4 is 0 Å². The molecule has 1 amide bonds. The van der Waals surface area contributed by atoms with Crippen LogP contribution in [0.1, 0.15) is 12.8 Å². The van der Waals surface area contributed by atoms with Gasteiger partial charge in [-0.15, -0.1) is 0 Å². The highest BCUT2D eigenvalue weighted by Gasteiger charge is 2.64. The fourth-order valence-corrected chi connectivity index (χ4v) is 3.22. The minimum absolute atomic E-state index is 0.267. The van der Waals surface area contributed by atoms with Gasteiger partial charge in [-0.3, -0.25) is 4.79 Å². The Morgan fingerprint density at radius 3 is 2.62 bits per heavy atom. The summed E-state index contributed by atoms with van der Waals surface area (Å²) in [5, 5.41) is 0. The number of hydrogen-bond donors (Lipinski definition) is 0. The van der Waals surface area contributed by atoms with Crippen LogP contribution in [0, 0.1) is 17.8 Å². The number of amides is 1. The number of carbonyl (C=O) groups is 1. The molecule has 3 nitrogen and oxygen atoms in total. The van der Waals surface area contributed by atoms with Crippen LogP contribution >= 0.6 is 0 Å². The van der Waals surface area contributed by atoms with Gasteiger partial charge in [0, 0.05) is 20.0 Å². The summed E-state index contributed by atoms with van der Waals surface area (Å²) in [6.07, 6.45) is 3.30. The quantitative estimate of drug-likeness (QED) is 0.552. The molecule has 2 bridgehead atoms. The molecular formula is C10H15NO2. The molecule has 3 heteroatoms. The standard InChI is InChI=1S/C10H15NO2/c1-11(2)10(12)7-4-5-3-6(7)9-8(5)13-9/h5-9H,3-4H2,1-2H3. The predicted octanol–water partition coefficient (Wildman–Crippen LogP) is 0.498. The van der Waals surface area contributed by atoms with E-state index in [0.29, 0.717) is 30.0 Å². The summed E-state index contributed by atoms with van der Waals surface area (Å²) in [7, 11) is 3.69. The Kier molecular flexibility index (Phi) is 1.36. The van der Waals surface area contributed by atoms with Crippen molar-refractivity contribution in [2.24, 2.45) is 17.8 Å². The fraction of sp³-hybridized carbons (Fsp3) is 0.900. The number of fused-ring (bicyclic) bond motifs is 5. The monoisotopic (exact) mass is 181 g/mol. The average Bonchev–Trinajstić information content (AvgIpc) is 2.71. The largest absolute Gasteiger partial charge is 0.369 e. The summed E-state index contributed by atoms with van der Waals surface area (Å²) in [4.78, 5) is 13.5. The predicted molar refractivity (Wildman–Crippen MR) is 47.1 cm³/mol. The summed E-state index contributed by atoms with van der Waals surface area (Å²) < 4.78 is 5.53. The van der Waals surface area contributed by atoms with Crippen LogP contribution in [-0.4, -0.2) is 37.1 Å². The van der Waals surface area contributed by atoms with Gasteiger partial charge < -0.3 is 9.64 Å². The minimum Gasteiger partial charge on any atom is -0.369 e. The molecule has 3 rings (SSSR count). The number of hydrogen-bond acceptors (Lipinski definition) is 2. The van der Waals surface area contributed by atoms with Crippen molar-refractivity contribution in [1.29, 1.82) is 0 Å². The van der Waals surface area contributed by atoms with Gasteiger partial charge in [-0.1, -0.05) is 0 Å². The highest BCUT2D eigenvalue weighted by Crippen LogP contribution is 2.58. The zero-order valence-electron chi connectivity index (χ0n) is 8.06. The molecule has 0 radical (unpaired) electrons. The summed E-state index contributed by atoms with van der Waals surface area (Å²) in [6.45, 7) is 0. The van der Waals surface area contributed by atoms with Gasteiger partial charge in [0.15, 0.2) is 0 Å². The Labute approximate surface area is 78.0 Å². The van der Waals surface area contributed by atoms with Gasteiger partial charge in [-0.2, -0.15) is 0 Å². The second-order valence-electron chi connectivity index (χ2n) is 4.80. The molecular weight excluding hydrogens is 166 g/mol. The van der Waals surface area contributed by atoms with Crippen molar-refractivity contribution >= 4 is 5.91 Å². The first-order valence-electron chi connectivity index (χ1n) is 5.05. The van der Waals surface area contributed by atoms with Gasteiger partial charge >= 0.3 is 0 Å². The van der Waals surface area contributed by atoms with Crippen LogP contribution in [0.2, 0.25) is 0 Å². The van der Waals surface area contributed by atoms with Crippen molar-refractivity contribution in [2.45, 2.75) is 25.0 Å². The number of rotatable bonds is 1. The van der Waals surface area contributed by atoms with E-state index in [1.54, 1.807) is 4.90 Å². The molecule has 1 saturated heterocycles. The Bertz CT molecular complexity index is 264. The SMILES string of the molecule is CN(C)C(=O)C1CC2CC1C1OC21. The van der Waals surface area contributed by atoms with Gasteiger partial charge in [-0.05, 0) is 24.7 Å². The molecule has 2 aliphatic carbocycles. The lowest BCUT2D eigenvalue weighted by Gasteiger charge is -2.22. The molecule has 2 saturated carbocycles. The van der Waals surface area contributed by atoms with Crippen LogP contribution in [0.25, 0.3) is 0 Å². The third kappa shape index (κ3) is 0.909. The lowest BCUT2D eigenvalue weighted by molar-refractivity contribution is -0.134. The highest BCUT2D eigenvalue weighted by molar-refractivity contribution is 5.79. The molecule has 0 aromatic rings. The zero-order valence-corrected chi connectivity index (χ0v) is 8.06. The molecule has 3 fully saturated rings. The second-order valence-corrected chi connectivity index (χ2v) is 4.80. The number of nitrogens with zero attached hydrogens (tertiary/aromatic N) is 1. The maximum absolute atomic E-state index is 11.8. The number of carbonyl (C=O) groups excluding carboxylic acids is 1. The number of epoxide rings is 1. The van der Waals surface area contributed by atoms with E-state index >= 15 is 0 Å². The number of ether oxygens (including phenoxy) is 1. The smallest absolute Gasteiger partial charge is 0.225 e. The minimum atomic E-state index is 0.267. The Morgan fingerprint density at radius 2 is 2.08 bits per heavy atom. The van der Waals surface area contributed by atoms with E-state index in [0.717, 1.165) is 6.42 Å². The Morgan fingerprint density at radius 1 is 1.31 bits per heavy atom. The van der Waals surface area contributed by atoms with Crippen molar-refractivity contribution in [3.8, 4) is 0 Å². The average molecular weight is 181 g/mol. The van der Waals surface area contributed by atoms with Crippen molar-refractivity contribution in [2.75, 3.05) is 14.1 Å².